The second kappa shape index (κ2) is 6.79. The number of urea groups is 1. The predicted molar refractivity (Wildman–Crippen MR) is 82.6 cm³/mol. The van der Waals surface area contributed by atoms with E-state index >= 15 is 0 Å². The molecule has 6 heteroatoms. The van der Waals surface area contributed by atoms with E-state index in [-0.39, 0.29) is 18.0 Å². The van der Waals surface area contributed by atoms with Crippen molar-refractivity contribution in [2.24, 2.45) is 0 Å². The summed E-state index contributed by atoms with van der Waals surface area (Å²) in [4.78, 5) is 28.0. The molecule has 2 fully saturated rings. The van der Waals surface area contributed by atoms with E-state index in [0.29, 0.717) is 32.8 Å². The topological polar surface area (TPSA) is 61.9 Å². The molecule has 0 aromatic heterocycles. The van der Waals surface area contributed by atoms with Gasteiger partial charge in [-0.15, -0.1) is 0 Å². The number of nitrogens with zero attached hydrogens (tertiary/aromatic N) is 2. The molecular weight excluding hydrogens is 282 g/mol. The fourth-order valence-corrected chi connectivity index (χ4v) is 2.83. The molecule has 3 rings (SSSR count). The molecule has 2 aliphatic rings. The molecule has 3 amide bonds. The highest BCUT2D eigenvalue weighted by Crippen LogP contribution is 2.16. The standard InChI is InChI=1S/C16H21N3O3/c20-15(14-7-4-12-22-14)18-8-10-19(11-9-18)16(21)17-13-5-2-1-3-6-13/h1-3,5-6,14H,4,7-12H2,(H,17,21)/t14-/m1/s1. The minimum absolute atomic E-state index is 0.0700. The Balaban J connectivity index is 1.48. The first kappa shape index (κ1) is 14.8. The molecule has 0 unspecified atom stereocenters. The van der Waals surface area contributed by atoms with Crippen LogP contribution in [0.3, 0.4) is 0 Å². The Bertz CT molecular complexity index is 521. The Labute approximate surface area is 130 Å². The van der Waals surface area contributed by atoms with Crippen LogP contribution in [0.25, 0.3) is 0 Å². The maximum absolute atomic E-state index is 12.2. The van der Waals surface area contributed by atoms with Crippen LogP contribution >= 0.6 is 0 Å². The summed E-state index contributed by atoms with van der Waals surface area (Å²) in [5.74, 6) is 0.0700. The SMILES string of the molecule is O=C(Nc1ccccc1)N1CCN(C(=O)[C@H]2CCCO2)CC1. The van der Waals surface area contributed by atoms with E-state index in [1.807, 2.05) is 35.2 Å². The maximum atomic E-state index is 12.2. The van der Waals surface area contributed by atoms with Gasteiger partial charge in [-0.05, 0) is 25.0 Å². The van der Waals surface area contributed by atoms with Gasteiger partial charge in [0.2, 0.25) is 0 Å². The molecule has 1 aromatic carbocycles. The van der Waals surface area contributed by atoms with Gasteiger partial charge >= 0.3 is 6.03 Å². The molecular formula is C16H21N3O3. The highest BCUT2D eigenvalue weighted by Gasteiger charge is 2.31. The van der Waals surface area contributed by atoms with Crippen LogP contribution in [0.1, 0.15) is 12.8 Å². The van der Waals surface area contributed by atoms with Crippen LogP contribution in [0.4, 0.5) is 10.5 Å². The molecule has 6 nitrogen and oxygen atoms in total. The highest BCUT2D eigenvalue weighted by atomic mass is 16.5. The first-order valence-corrected chi connectivity index (χ1v) is 7.75. The van der Waals surface area contributed by atoms with Gasteiger partial charge in [0.05, 0.1) is 0 Å². The quantitative estimate of drug-likeness (QED) is 0.901. The number of hydrogen-bond donors (Lipinski definition) is 1. The third-order valence-corrected chi connectivity index (χ3v) is 4.11. The van der Waals surface area contributed by atoms with Crippen LogP contribution in [0.5, 0.6) is 0 Å². The lowest BCUT2D eigenvalue weighted by atomic mass is 10.2. The zero-order valence-corrected chi connectivity index (χ0v) is 12.5. The Morgan fingerprint density at radius 2 is 1.73 bits per heavy atom. The first-order valence-electron chi connectivity index (χ1n) is 7.75. The van der Waals surface area contributed by atoms with Gasteiger partial charge < -0.3 is 19.9 Å². The largest absolute Gasteiger partial charge is 0.368 e. The van der Waals surface area contributed by atoms with Gasteiger partial charge in [-0.1, -0.05) is 18.2 Å². The smallest absolute Gasteiger partial charge is 0.321 e. The number of piperazine rings is 1. The van der Waals surface area contributed by atoms with E-state index in [1.165, 1.54) is 0 Å². The second-order valence-electron chi connectivity index (χ2n) is 5.61. The Morgan fingerprint density at radius 3 is 2.36 bits per heavy atom. The summed E-state index contributed by atoms with van der Waals surface area (Å²) >= 11 is 0. The molecule has 2 heterocycles. The molecule has 1 aromatic rings. The van der Waals surface area contributed by atoms with Crippen LogP contribution in [-0.4, -0.2) is 60.6 Å². The van der Waals surface area contributed by atoms with E-state index in [4.69, 9.17) is 4.74 Å². The van der Waals surface area contributed by atoms with Gasteiger partial charge in [0, 0.05) is 38.5 Å². The van der Waals surface area contributed by atoms with Crippen molar-refractivity contribution in [3.8, 4) is 0 Å². The molecule has 118 valence electrons. The van der Waals surface area contributed by atoms with Crippen molar-refractivity contribution in [2.75, 3.05) is 38.1 Å². The summed E-state index contributed by atoms with van der Waals surface area (Å²) in [5.41, 5.74) is 0.783. The monoisotopic (exact) mass is 303 g/mol. The first-order chi connectivity index (χ1) is 10.7. The van der Waals surface area contributed by atoms with Gasteiger partial charge in [-0.3, -0.25) is 4.79 Å². The number of hydrogen-bond acceptors (Lipinski definition) is 3. The van der Waals surface area contributed by atoms with Crippen LogP contribution < -0.4 is 5.32 Å². The molecule has 0 spiro atoms. The summed E-state index contributed by atoms with van der Waals surface area (Å²) in [5, 5.41) is 2.87. The lowest BCUT2D eigenvalue weighted by Gasteiger charge is -2.35. The third-order valence-electron chi connectivity index (χ3n) is 4.11. The number of carbonyl (C=O) groups is 2. The van der Waals surface area contributed by atoms with E-state index < -0.39 is 0 Å². The predicted octanol–water partition coefficient (Wildman–Crippen LogP) is 1.54. The van der Waals surface area contributed by atoms with E-state index in [9.17, 15) is 9.59 Å². The molecule has 1 atom stereocenters. The van der Waals surface area contributed by atoms with Crippen LogP contribution in [-0.2, 0) is 9.53 Å². The number of carbonyl (C=O) groups excluding carboxylic acids is 2. The van der Waals surface area contributed by atoms with Gasteiger partial charge in [-0.2, -0.15) is 0 Å². The Morgan fingerprint density at radius 1 is 1.05 bits per heavy atom. The van der Waals surface area contributed by atoms with Crippen molar-refractivity contribution in [1.82, 2.24) is 9.80 Å². The maximum Gasteiger partial charge on any atom is 0.321 e. The van der Waals surface area contributed by atoms with Crippen LogP contribution in [0.2, 0.25) is 0 Å². The lowest BCUT2D eigenvalue weighted by molar-refractivity contribution is -0.142. The van der Waals surface area contributed by atoms with Crippen LogP contribution in [0.15, 0.2) is 30.3 Å². The molecule has 0 saturated carbocycles. The van der Waals surface area contributed by atoms with Crippen molar-refractivity contribution >= 4 is 17.6 Å². The molecule has 22 heavy (non-hydrogen) atoms. The Hall–Kier alpha value is -2.08. The van der Waals surface area contributed by atoms with Crippen molar-refractivity contribution in [3.63, 3.8) is 0 Å². The number of amides is 3. The summed E-state index contributed by atoms with van der Waals surface area (Å²) < 4.78 is 5.44. The summed E-state index contributed by atoms with van der Waals surface area (Å²) in [7, 11) is 0. The molecule has 1 N–H and O–H groups in total. The fourth-order valence-electron chi connectivity index (χ4n) is 2.83. The third kappa shape index (κ3) is 3.39. The molecule has 2 aliphatic heterocycles. The average molecular weight is 303 g/mol. The highest BCUT2D eigenvalue weighted by molar-refractivity contribution is 5.89. The van der Waals surface area contributed by atoms with Crippen molar-refractivity contribution in [2.45, 2.75) is 18.9 Å². The minimum Gasteiger partial charge on any atom is -0.368 e. The fraction of sp³-hybridized carbons (Fsp3) is 0.500. The molecule has 0 bridgehead atoms. The normalized spacial score (nSPS) is 21.7. The van der Waals surface area contributed by atoms with E-state index in [1.54, 1.807) is 4.90 Å². The van der Waals surface area contributed by atoms with Gasteiger partial charge in [-0.25, -0.2) is 4.79 Å². The average Bonchev–Trinajstić information content (AvgIpc) is 3.10. The zero-order valence-electron chi connectivity index (χ0n) is 12.5. The Kier molecular flexibility index (Phi) is 4.58. The molecule has 2 saturated heterocycles. The summed E-state index contributed by atoms with van der Waals surface area (Å²) in [6.07, 6.45) is 1.49. The van der Waals surface area contributed by atoms with Crippen molar-refractivity contribution in [3.05, 3.63) is 30.3 Å². The lowest BCUT2D eigenvalue weighted by Crippen LogP contribution is -2.53. The minimum atomic E-state index is -0.273. The van der Waals surface area contributed by atoms with Gasteiger partial charge in [0.15, 0.2) is 0 Å². The van der Waals surface area contributed by atoms with E-state index in [0.717, 1.165) is 18.5 Å². The van der Waals surface area contributed by atoms with Crippen molar-refractivity contribution < 1.29 is 14.3 Å². The van der Waals surface area contributed by atoms with Gasteiger partial charge in [0.1, 0.15) is 6.10 Å². The van der Waals surface area contributed by atoms with E-state index in [2.05, 4.69) is 5.32 Å². The number of ether oxygens (including phenoxy) is 1. The van der Waals surface area contributed by atoms with Gasteiger partial charge in [0.25, 0.3) is 5.91 Å². The van der Waals surface area contributed by atoms with Crippen molar-refractivity contribution in [1.29, 1.82) is 0 Å². The zero-order chi connectivity index (χ0) is 15.4. The van der Waals surface area contributed by atoms with Crippen LogP contribution in [0, 0.1) is 0 Å². The number of para-hydroxylation sites is 1. The summed E-state index contributed by atoms with van der Waals surface area (Å²) in [6.45, 7) is 2.92. The number of rotatable bonds is 2. The second-order valence-corrected chi connectivity index (χ2v) is 5.61. The number of benzene rings is 1. The number of nitrogens with one attached hydrogen (secondary N) is 1. The molecule has 0 radical (unpaired) electrons. The molecule has 0 aliphatic carbocycles. The number of anilines is 1. The summed E-state index contributed by atoms with van der Waals surface area (Å²) in [6, 6.07) is 9.27.